The summed E-state index contributed by atoms with van der Waals surface area (Å²) in [6, 6.07) is 16.3. The summed E-state index contributed by atoms with van der Waals surface area (Å²) in [7, 11) is 0. The first-order valence-corrected chi connectivity index (χ1v) is 15.2. The van der Waals surface area contributed by atoms with Crippen LogP contribution in [0, 0.1) is 31.6 Å². The number of benzene rings is 2. The quantitative estimate of drug-likeness (QED) is 0.394. The molecule has 202 valence electrons. The van der Waals surface area contributed by atoms with Gasteiger partial charge in [0.05, 0.1) is 12.3 Å². The molecule has 4 bridgehead atoms. The van der Waals surface area contributed by atoms with Gasteiger partial charge in [-0.05, 0) is 73.9 Å². The van der Waals surface area contributed by atoms with Crippen molar-refractivity contribution in [1.82, 2.24) is 14.9 Å². The fourth-order valence-corrected chi connectivity index (χ4v) is 6.84. The van der Waals surface area contributed by atoms with Gasteiger partial charge in [-0.25, -0.2) is 4.98 Å². The standard InChI is InChI=1S/C31H40N4O2S/c1-5-23(6-2)18-35-14-13-25-15-24-11-8-12-27(16-24)38(36)34-31-32-28(30-21(3)9-7-10-22(30)4)17-29(33-31)37-20-26(25)19-35/h7-12,16-17,23,25-26H,5-6,13-15,18-20H2,1-4H3,(H,32,33,34)/t25?,26-,38?/m1/s1. The number of hydrogen-bond acceptors (Lipinski definition) is 6. The van der Waals surface area contributed by atoms with E-state index in [2.05, 4.69) is 72.6 Å². The molecule has 1 aromatic heterocycles. The number of aromatic nitrogens is 2. The van der Waals surface area contributed by atoms with Crippen LogP contribution in [0.5, 0.6) is 5.88 Å². The third-order valence-corrected chi connectivity index (χ3v) is 9.38. The molecular weight excluding hydrogens is 492 g/mol. The molecule has 2 aromatic carbocycles. The minimum atomic E-state index is -1.48. The largest absolute Gasteiger partial charge is 0.588 e. The van der Waals surface area contributed by atoms with Crippen molar-refractivity contribution in [2.24, 2.45) is 17.8 Å². The Labute approximate surface area is 230 Å². The topological polar surface area (TPSA) is 73.3 Å². The van der Waals surface area contributed by atoms with Crippen LogP contribution in [-0.4, -0.2) is 45.7 Å². The summed E-state index contributed by atoms with van der Waals surface area (Å²) in [5.74, 6) is 2.48. The van der Waals surface area contributed by atoms with Gasteiger partial charge in [-0.3, -0.25) is 0 Å². The molecule has 1 saturated heterocycles. The van der Waals surface area contributed by atoms with E-state index in [0.29, 0.717) is 30.3 Å². The fraction of sp³-hybridized carbons (Fsp3) is 0.484. The zero-order valence-electron chi connectivity index (χ0n) is 23.1. The molecule has 2 aliphatic heterocycles. The van der Waals surface area contributed by atoms with Crippen molar-refractivity contribution in [1.29, 1.82) is 0 Å². The minimum absolute atomic E-state index is 0.318. The average Bonchev–Trinajstić information content (AvgIpc) is 2.91. The Morgan fingerprint density at radius 3 is 2.58 bits per heavy atom. The maximum Gasteiger partial charge on any atom is 0.269 e. The summed E-state index contributed by atoms with van der Waals surface area (Å²) in [6.45, 7) is 12.7. The number of hydrogen-bond donors (Lipinski definition) is 1. The lowest BCUT2D eigenvalue weighted by Gasteiger charge is -2.39. The summed E-state index contributed by atoms with van der Waals surface area (Å²) < 4.78 is 22.8. The van der Waals surface area contributed by atoms with Gasteiger partial charge < -0.3 is 14.2 Å². The molecule has 2 unspecified atom stereocenters. The Balaban J connectivity index is 1.50. The van der Waals surface area contributed by atoms with Gasteiger partial charge in [0.15, 0.2) is 4.90 Å². The molecule has 3 aromatic rings. The number of ether oxygens (including phenoxy) is 1. The van der Waals surface area contributed by atoms with Crippen molar-refractivity contribution in [3.05, 3.63) is 65.2 Å². The van der Waals surface area contributed by atoms with Crippen LogP contribution in [0.2, 0.25) is 0 Å². The Kier molecular flexibility index (Phi) is 8.56. The molecule has 0 spiro atoms. The summed E-state index contributed by atoms with van der Waals surface area (Å²) in [5, 5.41) is 0. The second-order valence-electron chi connectivity index (χ2n) is 11.0. The second-order valence-corrected chi connectivity index (χ2v) is 12.2. The number of fused-ring (bicyclic) bond motifs is 5. The molecule has 2 aliphatic rings. The molecule has 1 fully saturated rings. The minimum Gasteiger partial charge on any atom is -0.588 e. The van der Waals surface area contributed by atoms with Gasteiger partial charge in [0.25, 0.3) is 5.95 Å². The van der Waals surface area contributed by atoms with Crippen molar-refractivity contribution >= 4 is 17.3 Å². The van der Waals surface area contributed by atoms with Gasteiger partial charge in [0, 0.05) is 30.6 Å². The molecule has 3 atom stereocenters. The predicted molar refractivity (Wildman–Crippen MR) is 155 cm³/mol. The SMILES string of the molecule is CCC(CC)CN1CCC2Cc3cccc(c3)[S+]([O-])Nc3nc(cc(-c4c(C)cccc4C)n3)OC[C@H]2C1. The van der Waals surface area contributed by atoms with Crippen LogP contribution in [0.1, 0.15) is 49.8 Å². The van der Waals surface area contributed by atoms with Crippen LogP contribution >= 0.6 is 0 Å². The smallest absolute Gasteiger partial charge is 0.269 e. The average molecular weight is 533 g/mol. The van der Waals surface area contributed by atoms with E-state index in [4.69, 9.17) is 9.72 Å². The summed E-state index contributed by atoms with van der Waals surface area (Å²) in [6.07, 6.45) is 4.55. The maximum atomic E-state index is 13.3. The van der Waals surface area contributed by atoms with Crippen LogP contribution in [0.15, 0.2) is 53.4 Å². The lowest BCUT2D eigenvalue weighted by Crippen LogP contribution is -2.45. The molecule has 0 aliphatic carbocycles. The maximum absolute atomic E-state index is 13.3. The molecule has 6 nitrogen and oxygen atoms in total. The van der Waals surface area contributed by atoms with E-state index >= 15 is 0 Å². The zero-order chi connectivity index (χ0) is 26.6. The highest BCUT2D eigenvalue weighted by Crippen LogP contribution is 2.33. The number of anilines is 1. The number of rotatable bonds is 5. The van der Waals surface area contributed by atoms with E-state index < -0.39 is 11.4 Å². The van der Waals surface area contributed by atoms with E-state index in [9.17, 15) is 4.55 Å². The third-order valence-electron chi connectivity index (χ3n) is 8.33. The number of piperidine rings is 1. The van der Waals surface area contributed by atoms with E-state index in [1.165, 1.54) is 18.4 Å². The Morgan fingerprint density at radius 2 is 1.82 bits per heavy atom. The highest BCUT2D eigenvalue weighted by molar-refractivity contribution is 7.92. The molecule has 5 rings (SSSR count). The van der Waals surface area contributed by atoms with Gasteiger partial charge in [-0.15, -0.1) is 0 Å². The van der Waals surface area contributed by atoms with Crippen molar-refractivity contribution in [2.75, 3.05) is 31.0 Å². The molecule has 38 heavy (non-hydrogen) atoms. The molecular formula is C31H40N4O2S. The zero-order valence-corrected chi connectivity index (χ0v) is 23.9. The first-order valence-electron chi connectivity index (χ1n) is 14.0. The van der Waals surface area contributed by atoms with Gasteiger partial charge in [0.1, 0.15) is 11.4 Å². The molecule has 0 radical (unpaired) electrons. The van der Waals surface area contributed by atoms with Crippen LogP contribution in [0.25, 0.3) is 11.3 Å². The second kappa shape index (κ2) is 12.1. The van der Waals surface area contributed by atoms with Crippen LogP contribution < -0.4 is 9.46 Å². The van der Waals surface area contributed by atoms with Gasteiger partial charge in [0.2, 0.25) is 5.88 Å². The van der Waals surface area contributed by atoms with E-state index in [1.807, 2.05) is 18.2 Å². The lowest BCUT2D eigenvalue weighted by atomic mass is 9.81. The normalized spacial score (nSPS) is 21.9. The van der Waals surface area contributed by atoms with E-state index in [-0.39, 0.29) is 0 Å². The Morgan fingerprint density at radius 1 is 1.05 bits per heavy atom. The van der Waals surface area contributed by atoms with Crippen molar-refractivity contribution in [2.45, 2.75) is 58.3 Å². The molecule has 1 N–H and O–H groups in total. The van der Waals surface area contributed by atoms with Crippen molar-refractivity contribution in [3.63, 3.8) is 0 Å². The van der Waals surface area contributed by atoms with Crippen LogP contribution in [0.4, 0.5) is 5.95 Å². The van der Waals surface area contributed by atoms with Crippen LogP contribution in [-0.2, 0) is 17.8 Å². The predicted octanol–water partition coefficient (Wildman–Crippen LogP) is 6.20. The monoisotopic (exact) mass is 532 g/mol. The Hall–Kier alpha value is -2.61. The van der Waals surface area contributed by atoms with Crippen molar-refractivity contribution in [3.8, 4) is 17.1 Å². The summed E-state index contributed by atoms with van der Waals surface area (Å²) in [5.41, 5.74) is 5.34. The highest BCUT2D eigenvalue weighted by atomic mass is 32.2. The van der Waals surface area contributed by atoms with E-state index in [0.717, 1.165) is 65.7 Å². The highest BCUT2D eigenvalue weighted by Gasteiger charge is 2.31. The summed E-state index contributed by atoms with van der Waals surface area (Å²) >= 11 is -1.48. The van der Waals surface area contributed by atoms with Crippen LogP contribution in [0.3, 0.4) is 0 Å². The molecule has 0 amide bonds. The Bertz CT molecular complexity index is 1230. The molecule has 7 heteroatoms. The van der Waals surface area contributed by atoms with Crippen molar-refractivity contribution < 1.29 is 9.29 Å². The lowest BCUT2D eigenvalue weighted by molar-refractivity contribution is 0.0682. The first kappa shape index (κ1) is 27.0. The first-order chi connectivity index (χ1) is 18.4. The van der Waals surface area contributed by atoms with Gasteiger partial charge in [-0.1, -0.05) is 57.0 Å². The number of nitrogens with one attached hydrogen (secondary N) is 1. The van der Waals surface area contributed by atoms with E-state index in [1.54, 1.807) is 0 Å². The summed E-state index contributed by atoms with van der Waals surface area (Å²) in [4.78, 5) is 12.8. The van der Waals surface area contributed by atoms with Gasteiger partial charge in [-0.2, -0.15) is 9.71 Å². The molecule has 0 saturated carbocycles. The molecule has 3 heterocycles. The van der Waals surface area contributed by atoms with Gasteiger partial charge >= 0.3 is 0 Å². The number of nitrogens with zero attached hydrogens (tertiary/aromatic N) is 3. The number of aryl methyl sites for hydroxylation is 2. The third kappa shape index (κ3) is 6.16. The number of likely N-dealkylation sites (tertiary alicyclic amines) is 1. The fourth-order valence-electron chi connectivity index (χ4n) is 6.01.